The van der Waals surface area contributed by atoms with E-state index in [1.54, 1.807) is 24.3 Å². The van der Waals surface area contributed by atoms with E-state index < -0.39 is 0 Å². The van der Waals surface area contributed by atoms with Crippen molar-refractivity contribution < 1.29 is 4.79 Å². The van der Waals surface area contributed by atoms with Crippen molar-refractivity contribution in [3.05, 3.63) is 64.1 Å². The molecule has 0 aliphatic carbocycles. The number of para-hydroxylation sites is 1. The second kappa shape index (κ2) is 7.74. The van der Waals surface area contributed by atoms with Crippen LogP contribution in [-0.4, -0.2) is 12.5 Å². The minimum atomic E-state index is -0.174. The molecule has 0 heterocycles. The third-order valence-corrected chi connectivity index (χ3v) is 3.79. The first-order chi connectivity index (χ1) is 10.6. The maximum Gasteiger partial charge on any atom is 0.238 e. The second-order valence-electron chi connectivity index (χ2n) is 4.86. The number of nitrogens with zero attached hydrogens (tertiary/aromatic N) is 1. The summed E-state index contributed by atoms with van der Waals surface area (Å²) in [4.78, 5) is 12.0. The lowest BCUT2D eigenvalue weighted by Gasteiger charge is -2.14. The molecule has 0 fully saturated rings. The summed E-state index contributed by atoms with van der Waals surface area (Å²) in [5.74, 6) is -0.174. The van der Waals surface area contributed by atoms with Gasteiger partial charge in [-0.05, 0) is 36.8 Å². The van der Waals surface area contributed by atoms with Gasteiger partial charge in [0.15, 0.2) is 0 Å². The van der Waals surface area contributed by atoms with Crippen molar-refractivity contribution in [3.8, 4) is 6.07 Å². The summed E-state index contributed by atoms with van der Waals surface area (Å²) in [6.45, 7) is 2.18. The van der Waals surface area contributed by atoms with E-state index in [1.807, 2.05) is 31.2 Å². The van der Waals surface area contributed by atoms with Crippen molar-refractivity contribution in [1.29, 1.82) is 5.26 Å². The van der Waals surface area contributed by atoms with Crippen molar-refractivity contribution >= 4 is 27.5 Å². The number of nitriles is 1. The SMILES string of the molecule is C[C@@H](NCC(=O)Nc1ccccc1C#N)c1ccc(Br)cc1. The summed E-state index contributed by atoms with van der Waals surface area (Å²) < 4.78 is 1.02. The molecule has 2 aromatic rings. The molecule has 0 saturated carbocycles. The van der Waals surface area contributed by atoms with Crippen molar-refractivity contribution in [2.45, 2.75) is 13.0 Å². The third kappa shape index (κ3) is 4.42. The van der Waals surface area contributed by atoms with Crippen LogP contribution < -0.4 is 10.6 Å². The summed E-state index contributed by atoms with van der Waals surface area (Å²) in [6, 6.07) is 17.0. The van der Waals surface area contributed by atoms with Crippen LogP contribution in [0.15, 0.2) is 53.0 Å². The standard InChI is InChI=1S/C17H16BrN3O/c1-12(13-6-8-15(18)9-7-13)20-11-17(22)21-16-5-3-2-4-14(16)10-19/h2-9,12,20H,11H2,1H3,(H,21,22)/t12-/m1/s1. The number of carbonyl (C=O) groups is 1. The molecule has 0 aliphatic heterocycles. The smallest absolute Gasteiger partial charge is 0.238 e. The lowest BCUT2D eigenvalue weighted by atomic mass is 10.1. The van der Waals surface area contributed by atoms with E-state index >= 15 is 0 Å². The van der Waals surface area contributed by atoms with Gasteiger partial charge in [0.05, 0.1) is 17.8 Å². The predicted octanol–water partition coefficient (Wildman–Crippen LogP) is 3.61. The lowest BCUT2D eigenvalue weighted by molar-refractivity contribution is -0.115. The Morgan fingerprint density at radius 2 is 1.91 bits per heavy atom. The highest BCUT2D eigenvalue weighted by Gasteiger charge is 2.09. The van der Waals surface area contributed by atoms with E-state index in [9.17, 15) is 4.79 Å². The molecule has 5 heteroatoms. The van der Waals surface area contributed by atoms with Crippen LogP contribution in [0.1, 0.15) is 24.1 Å². The Morgan fingerprint density at radius 3 is 2.59 bits per heavy atom. The quantitative estimate of drug-likeness (QED) is 0.858. The Hall–Kier alpha value is -2.16. The molecule has 0 aromatic heterocycles. The molecule has 2 N–H and O–H groups in total. The second-order valence-corrected chi connectivity index (χ2v) is 5.78. The van der Waals surface area contributed by atoms with Crippen LogP contribution in [0.25, 0.3) is 0 Å². The predicted molar refractivity (Wildman–Crippen MR) is 90.3 cm³/mol. The zero-order chi connectivity index (χ0) is 15.9. The summed E-state index contributed by atoms with van der Waals surface area (Å²) >= 11 is 3.40. The Kier molecular flexibility index (Phi) is 5.70. The van der Waals surface area contributed by atoms with E-state index in [-0.39, 0.29) is 18.5 Å². The molecule has 112 valence electrons. The molecule has 0 aliphatic rings. The Morgan fingerprint density at radius 1 is 1.23 bits per heavy atom. The van der Waals surface area contributed by atoms with E-state index in [2.05, 4.69) is 32.6 Å². The van der Waals surface area contributed by atoms with Crippen LogP contribution in [0.5, 0.6) is 0 Å². The number of benzene rings is 2. The molecule has 0 radical (unpaired) electrons. The first-order valence-electron chi connectivity index (χ1n) is 6.88. The molecule has 0 bridgehead atoms. The van der Waals surface area contributed by atoms with Crippen molar-refractivity contribution in [1.82, 2.24) is 5.32 Å². The highest BCUT2D eigenvalue weighted by atomic mass is 79.9. The third-order valence-electron chi connectivity index (χ3n) is 3.26. The van der Waals surface area contributed by atoms with Gasteiger partial charge in [-0.2, -0.15) is 5.26 Å². The molecule has 1 amide bonds. The van der Waals surface area contributed by atoms with Gasteiger partial charge in [-0.3, -0.25) is 4.79 Å². The number of amides is 1. The van der Waals surface area contributed by atoms with Crippen molar-refractivity contribution in [3.63, 3.8) is 0 Å². The first kappa shape index (κ1) is 16.2. The zero-order valence-electron chi connectivity index (χ0n) is 12.1. The van der Waals surface area contributed by atoms with Crippen LogP contribution >= 0.6 is 15.9 Å². The van der Waals surface area contributed by atoms with Gasteiger partial charge in [-0.15, -0.1) is 0 Å². The summed E-state index contributed by atoms with van der Waals surface area (Å²) in [5, 5.41) is 14.9. The lowest BCUT2D eigenvalue weighted by Crippen LogP contribution is -2.30. The Labute approximate surface area is 138 Å². The number of nitrogens with one attached hydrogen (secondary N) is 2. The largest absolute Gasteiger partial charge is 0.324 e. The van der Waals surface area contributed by atoms with Gasteiger partial charge in [0.25, 0.3) is 0 Å². The normalized spacial score (nSPS) is 11.5. The molecule has 0 unspecified atom stereocenters. The zero-order valence-corrected chi connectivity index (χ0v) is 13.7. The van der Waals surface area contributed by atoms with Gasteiger partial charge in [0, 0.05) is 10.5 Å². The molecule has 0 saturated heterocycles. The van der Waals surface area contributed by atoms with Crippen molar-refractivity contribution in [2.24, 2.45) is 0 Å². The van der Waals surface area contributed by atoms with E-state index in [1.165, 1.54) is 0 Å². The van der Waals surface area contributed by atoms with E-state index in [4.69, 9.17) is 5.26 Å². The number of rotatable bonds is 5. The monoisotopic (exact) mass is 357 g/mol. The first-order valence-corrected chi connectivity index (χ1v) is 7.67. The van der Waals surface area contributed by atoms with Gasteiger partial charge in [0.1, 0.15) is 6.07 Å². The average Bonchev–Trinajstić information content (AvgIpc) is 2.54. The van der Waals surface area contributed by atoms with E-state index in [0.717, 1.165) is 10.0 Å². The van der Waals surface area contributed by atoms with Gasteiger partial charge < -0.3 is 10.6 Å². The summed E-state index contributed by atoms with van der Waals surface area (Å²) in [6.07, 6.45) is 0. The van der Waals surface area contributed by atoms with Crippen LogP contribution in [-0.2, 0) is 4.79 Å². The summed E-state index contributed by atoms with van der Waals surface area (Å²) in [7, 11) is 0. The number of hydrogen-bond donors (Lipinski definition) is 2. The fourth-order valence-corrected chi connectivity index (χ4v) is 2.26. The number of carbonyl (C=O) groups excluding carboxylic acids is 1. The van der Waals surface area contributed by atoms with Crippen LogP contribution in [0, 0.1) is 11.3 Å². The van der Waals surface area contributed by atoms with Gasteiger partial charge in [-0.1, -0.05) is 40.2 Å². The molecule has 1 atom stereocenters. The van der Waals surface area contributed by atoms with Gasteiger partial charge in [0.2, 0.25) is 5.91 Å². The molecule has 2 aromatic carbocycles. The minimum Gasteiger partial charge on any atom is -0.324 e. The van der Waals surface area contributed by atoms with Gasteiger partial charge >= 0.3 is 0 Å². The number of hydrogen-bond acceptors (Lipinski definition) is 3. The maximum absolute atomic E-state index is 12.0. The topological polar surface area (TPSA) is 64.9 Å². The van der Waals surface area contributed by atoms with Crippen LogP contribution in [0.4, 0.5) is 5.69 Å². The highest BCUT2D eigenvalue weighted by Crippen LogP contribution is 2.16. The minimum absolute atomic E-state index is 0.0602. The van der Waals surface area contributed by atoms with Gasteiger partial charge in [-0.25, -0.2) is 0 Å². The average molecular weight is 358 g/mol. The van der Waals surface area contributed by atoms with E-state index in [0.29, 0.717) is 11.3 Å². The Bertz CT molecular complexity index is 692. The van der Waals surface area contributed by atoms with Crippen LogP contribution in [0.2, 0.25) is 0 Å². The van der Waals surface area contributed by atoms with Crippen molar-refractivity contribution in [2.75, 3.05) is 11.9 Å². The Balaban J connectivity index is 1.90. The molecular weight excluding hydrogens is 342 g/mol. The molecular formula is C17H16BrN3O. The van der Waals surface area contributed by atoms with Crippen LogP contribution in [0.3, 0.4) is 0 Å². The molecule has 2 rings (SSSR count). The fourth-order valence-electron chi connectivity index (χ4n) is 2.00. The summed E-state index contributed by atoms with van der Waals surface area (Å²) in [5.41, 5.74) is 2.10. The number of halogens is 1. The highest BCUT2D eigenvalue weighted by molar-refractivity contribution is 9.10. The molecule has 22 heavy (non-hydrogen) atoms. The number of anilines is 1. The molecule has 4 nitrogen and oxygen atoms in total. The molecule has 0 spiro atoms. The fraction of sp³-hybridized carbons (Fsp3) is 0.176. The maximum atomic E-state index is 12.0.